The van der Waals surface area contributed by atoms with Gasteiger partial charge in [0, 0.05) is 5.56 Å². The summed E-state index contributed by atoms with van der Waals surface area (Å²) >= 11 is 0. The fourth-order valence-corrected chi connectivity index (χ4v) is 1.09. The lowest BCUT2D eigenvalue weighted by Crippen LogP contribution is -1.96. The van der Waals surface area contributed by atoms with E-state index in [2.05, 4.69) is 6.07 Å². The molecular formula is C9H9O2. The summed E-state index contributed by atoms with van der Waals surface area (Å²) in [5, 5.41) is 0. The van der Waals surface area contributed by atoms with Gasteiger partial charge in [0.15, 0.2) is 6.29 Å². The predicted octanol–water partition coefficient (Wildman–Crippen LogP) is 1.53. The molecule has 2 heteroatoms. The van der Waals surface area contributed by atoms with E-state index in [-0.39, 0.29) is 6.29 Å². The molecule has 0 spiro atoms. The highest BCUT2D eigenvalue weighted by Crippen LogP contribution is 2.21. The number of benzene rings is 1. The Bertz CT molecular complexity index is 214. The molecule has 57 valence electrons. The van der Waals surface area contributed by atoms with E-state index in [9.17, 15) is 0 Å². The zero-order chi connectivity index (χ0) is 7.52. The summed E-state index contributed by atoms with van der Waals surface area (Å²) in [6, 6.07) is 10.8. The van der Waals surface area contributed by atoms with Gasteiger partial charge in [0.05, 0.1) is 13.2 Å². The average Bonchev–Trinajstić information content (AvgIpc) is 2.58. The average molecular weight is 149 g/mol. The van der Waals surface area contributed by atoms with E-state index < -0.39 is 0 Å². The summed E-state index contributed by atoms with van der Waals surface area (Å²) in [5.74, 6) is 0. The molecular weight excluding hydrogens is 140 g/mol. The molecule has 0 N–H and O–H groups in total. The summed E-state index contributed by atoms with van der Waals surface area (Å²) < 4.78 is 10.6. The molecule has 0 amide bonds. The van der Waals surface area contributed by atoms with Crippen LogP contribution in [0.15, 0.2) is 24.3 Å². The molecule has 0 bridgehead atoms. The van der Waals surface area contributed by atoms with Crippen molar-refractivity contribution in [3.05, 3.63) is 35.9 Å². The van der Waals surface area contributed by atoms with Gasteiger partial charge in [0.25, 0.3) is 0 Å². The van der Waals surface area contributed by atoms with Crippen molar-refractivity contribution in [1.82, 2.24) is 0 Å². The first-order valence-corrected chi connectivity index (χ1v) is 3.66. The molecule has 0 aliphatic carbocycles. The zero-order valence-electron chi connectivity index (χ0n) is 6.12. The normalized spacial score (nSPS) is 18.9. The topological polar surface area (TPSA) is 18.5 Å². The summed E-state index contributed by atoms with van der Waals surface area (Å²) in [6.45, 7) is 1.38. The molecule has 1 fully saturated rings. The number of ether oxygens (including phenoxy) is 2. The molecule has 0 unspecified atom stereocenters. The summed E-state index contributed by atoms with van der Waals surface area (Å²) in [6.07, 6.45) is -0.184. The van der Waals surface area contributed by atoms with Crippen molar-refractivity contribution < 1.29 is 9.47 Å². The standard InChI is InChI=1S/C9H9O2/c1-2-4-8(5-3-1)9-10-6-7-11-9/h1-4,9H,6-7H2. The Hall–Kier alpha value is -0.860. The maximum Gasteiger partial charge on any atom is 0.184 e. The lowest BCUT2D eigenvalue weighted by Gasteiger charge is -2.06. The van der Waals surface area contributed by atoms with Crippen molar-refractivity contribution >= 4 is 0 Å². The van der Waals surface area contributed by atoms with Gasteiger partial charge < -0.3 is 9.47 Å². The van der Waals surface area contributed by atoms with Crippen molar-refractivity contribution in [2.45, 2.75) is 6.29 Å². The van der Waals surface area contributed by atoms with Gasteiger partial charge in [0.2, 0.25) is 0 Å². The molecule has 1 aliphatic heterocycles. The van der Waals surface area contributed by atoms with Crippen LogP contribution in [0.5, 0.6) is 0 Å². The van der Waals surface area contributed by atoms with E-state index in [4.69, 9.17) is 9.47 Å². The van der Waals surface area contributed by atoms with Gasteiger partial charge in [-0.05, 0) is 6.07 Å². The van der Waals surface area contributed by atoms with Crippen LogP contribution in [0.25, 0.3) is 0 Å². The van der Waals surface area contributed by atoms with E-state index in [0.29, 0.717) is 13.2 Å². The second kappa shape index (κ2) is 3.03. The van der Waals surface area contributed by atoms with Gasteiger partial charge in [-0.15, -0.1) is 0 Å². The van der Waals surface area contributed by atoms with E-state index in [0.717, 1.165) is 5.56 Å². The minimum atomic E-state index is -0.184. The summed E-state index contributed by atoms with van der Waals surface area (Å²) in [4.78, 5) is 0. The fourth-order valence-electron chi connectivity index (χ4n) is 1.09. The van der Waals surface area contributed by atoms with Gasteiger partial charge >= 0.3 is 0 Å². The van der Waals surface area contributed by atoms with Gasteiger partial charge in [0.1, 0.15) is 0 Å². The van der Waals surface area contributed by atoms with Crippen molar-refractivity contribution in [3.63, 3.8) is 0 Å². The molecule has 1 aliphatic rings. The van der Waals surface area contributed by atoms with Crippen LogP contribution in [0.3, 0.4) is 0 Å². The summed E-state index contributed by atoms with van der Waals surface area (Å²) in [5.41, 5.74) is 0.977. The van der Waals surface area contributed by atoms with E-state index in [1.54, 1.807) is 0 Å². The van der Waals surface area contributed by atoms with Crippen molar-refractivity contribution in [3.8, 4) is 0 Å². The maximum absolute atomic E-state index is 5.29. The van der Waals surface area contributed by atoms with Crippen LogP contribution in [0.2, 0.25) is 0 Å². The van der Waals surface area contributed by atoms with Crippen molar-refractivity contribution in [2.75, 3.05) is 13.2 Å². The second-order valence-electron chi connectivity index (χ2n) is 2.39. The molecule has 1 aromatic rings. The molecule has 0 atom stereocenters. The largest absolute Gasteiger partial charge is 0.346 e. The third kappa shape index (κ3) is 1.42. The smallest absolute Gasteiger partial charge is 0.184 e. The molecule has 1 heterocycles. The number of hydrogen-bond donors (Lipinski definition) is 0. The molecule has 2 rings (SSSR count). The minimum absolute atomic E-state index is 0.184. The number of rotatable bonds is 1. The summed E-state index contributed by atoms with van der Waals surface area (Å²) in [7, 11) is 0. The lowest BCUT2D eigenvalue weighted by molar-refractivity contribution is -0.0443. The first-order valence-electron chi connectivity index (χ1n) is 3.66. The third-order valence-electron chi connectivity index (χ3n) is 1.61. The van der Waals surface area contributed by atoms with E-state index in [1.807, 2.05) is 24.3 Å². The Kier molecular flexibility index (Phi) is 1.88. The van der Waals surface area contributed by atoms with E-state index >= 15 is 0 Å². The SMILES string of the molecule is [c]1ccccc1C1OCCO1. The van der Waals surface area contributed by atoms with Crippen LogP contribution >= 0.6 is 0 Å². The first kappa shape index (κ1) is 6.83. The molecule has 1 saturated heterocycles. The Morgan fingerprint density at radius 1 is 1.27 bits per heavy atom. The molecule has 2 nitrogen and oxygen atoms in total. The highest BCUT2D eigenvalue weighted by molar-refractivity contribution is 5.14. The first-order chi connectivity index (χ1) is 5.47. The van der Waals surface area contributed by atoms with Crippen molar-refractivity contribution in [1.29, 1.82) is 0 Å². The Morgan fingerprint density at radius 3 is 2.73 bits per heavy atom. The lowest BCUT2D eigenvalue weighted by atomic mass is 10.2. The molecule has 1 radical (unpaired) electrons. The Morgan fingerprint density at radius 2 is 2.09 bits per heavy atom. The van der Waals surface area contributed by atoms with Gasteiger partial charge in [-0.1, -0.05) is 24.3 Å². The quantitative estimate of drug-likeness (QED) is 0.603. The minimum Gasteiger partial charge on any atom is -0.346 e. The highest BCUT2D eigenvalue weighted by atomic mass is 16.7. The second-order valence-corrected chi connectivity index (χ2v) is 2.39. The maximum atomic E-state index is 5.29. The van der Waals surface area contributed by atoms with Crippen LogP contribution in [0.1, 0.15) is 11.9 Å². The molecule has 11 heavy (non-hydrogen) atoms. The van der Waals surface area contributed by atoms with Crippen LogP contribution in [0, 0.1) is 6.07 Å². The molecule has 0 aromatic heterocycles. The fraction of sp³-hybridized carbons (Fsp3) is 0.333. The number of hydrogen-bond acceptors (Lipinski definition) is 2. The zero-order valence-corrected chi connectivity index (χ0v) is 6.12. The Labute approximate surface area is 65.7 Å². The van der Waals surface area contributed by atoms with E-state index in [1.165, 1.54) is 0 Å². The van der Waals surface area contributed by atoms with Crippen LogP contribution in [0.4, 0.5) is 0 Å². The Balaban J connectivity index is 2.16. The van der Waals surface area contributed by atoms with Crippen LogP contribution in [-0.2, 0) is 9.47 Å². The predicted molar refractivity (Wildman–Crippen MR) is 39.9 cm³/mol. The molecule has 1 aromatic carbocycles. The van der Waals surface area contributed by atoms with Crippen LogP contribution in [-0.4, -0.2) is 13.2 Å². The molecule has 0 saturated carbocycles. The van der Waals surface area contributed by atoms with Crippen LogP contribution < -0.4 is 0 Å². The van der Waals surface area contributed by atoms with Crippen molar-refractivity contribution in [2.24, 2.45) is 0 Å². The van der Waals surface area contributed by atoms with Gasteiger partial charge in [-0.3, -0.25) is 0 Å². The van der Waals surface area contributed by atoms with Gasteiger partial charge in [-0.25, -0.2) is 0 Å². The monoisotopic (exact) mass is 149 g/mol. The third-order valence-corrected chi connectivity index (χ3v) is 1.61. The highest BCUT2D eigenvalue weighted by Gasteiger charge is 2.17. The van der Waals surface area contributed by atoms with Gasteiger partial charge in [-0.2, -0.15) is 0 Å².